The maximum Gasteiger partial charge on any atom is 0.0237 e. The van der Waals surface area contributed by atoms with Crippen molar-refractivity contribution in [1.29, 1.82) is 0 Å². The number of likely N-dealkylation sites (tertiary alicyclic amines) is 1. The van der Waals surface area contributed by atoms with E-state index in [0.29, 0.717) is 6.04 Å². The first-order valence-corrected chi connectivity index (χ1v) is 8.05. The lowest BCUT2D eigenvalue weighted by molar-refractivity contribution is 0.140. The van der Waals surface area contributed by atoms with Crippen molar-refractivity contribution in [2.75, 3.05) is 19.6 Å². The number of piperidine rings is 1. The van der Waals surface area contributed by atoms with Gasteiger partial charge in [-0.15, -0.1) is 0 Å². The molecule has 2 nitrogen and oxygen atoms in total. The molecule has 1 aliphatic rings. The minimum absolute atomic E-state index is 0.658. The first kappa shape index (κ1) is 15.5. The van der Waals surface area contributed by atoms with Gasteiger partial charge < -0.3 is 5.32 Å². The second-order valence-electron chi connectivity index (χ2n) is 6.96. The average molecular weight is 274 g/mol. The fourth-order valence-corrected chi connectivity index (χ4v) is 3.17. The predicted molar refractivity (Wildman–Crippen MR) is 86.9 cm³/mol. The molecule has 0 bridgehead atoms. The highest BCUT2D eigenvalue weighted by Gasteiger charge is 2.24. The summed E-state index contributed by atoms with van der Waals surface area (Å²) in [7, 11) is 0. The van der Waals surface area contributed by atoms with Crippen LogP contribution >= 0.6 is 0 Å². The van der Waals surface area contributed by atoms with E-state index >= 15 is 0 Å². The molecule has 0 amide bonds. The Morgan fingerprint density at radius 1 is 1.25 bits per heavy atom. The van der Waals surface area contributed by atoms with Crippen LogP contribution in [0.4, 0.5) is 0 Å². The second-order valence-corrected chi connectivity index (χ2v) is 6.96. The van der Waals surface area contributed by atoms with Crippen molar-refractivity contribution in [2.24, 2.45) is 11.8 Å². The Morgan fingerprint density at radius 3 is 2.70 bits per heavy atom. The van der Waals surface area contributed by atoms with Crippen molar-refractivity contribution < 1.29 is 0 Å². The molecule has 0 aliphatic carbocycles. The van der Waals surface area contributed by atoms with E-state index in [1.165, 1.54) is 30.6 Å². The molecule has 1 aromatic carbocycles. The number of rotatable bonds is 5. The summed E-state index contributed by atoms with van der Waals surface area (Å²) in [5, 5.41) is 3.74. The highest BCUT2D eigenvalue weighted by molar-refractivity contribution is 5.25. The molecular weight excluding hydrogens is 244 g/mol. The molecule has 20 heavy (non-hydrogen) atoms. The molecule has 1 aromatic rings. The summed E-state index contributed by atoms with van der Waals surface area (Å²) >= 11 is 0. The van der Waals surface area contributed by atoms with Gasteiger partial charge in [0.15, 0.2) is 0 Å². The maximum absolute atomic E-state index is 3.74. The second kappa shape index (κ2) is 7.24. The van der Waals surface area contributed by atoms with Crippen LogP contribution in [0.1, 0.15) is 38.3 Å². The summed E-state index contributed by atoms with van der Waals surface area (Å²) < 4.78 is 0. The Morgan fingerprint density at radius 2 is 2.00 bits per heavy atom. The third-order valence-corrected chi connectivity index (χ3v) is 4.21. The number of hydrogen-bond donors (Lipinski definition) is 1. The van der Waals surface area contributed by atoms with Crippen molar-refractivity contribution in [3.63, 3.8) is 0 Å². The summed E-state index contributed by atoms with van der Waals surface area (Å²) in [5.41, 5.74) is 2.89. The molecule has 0 radical (unpaired) electrons. The summed E-state index contributed by atoms with van der Waals surface area (Å²) in [4.78, 5) is 2.62. The van der Waals surface area contributed by atoms with Crippen molar-refractivity contribution in [1.82, 2.24) is 10.2 Å². The summed E-state index contributed by atoms with van der Waals surface area (Å²) in [6, 6.07) is 9.43. The third-order valence-electron chi connectivity index (χ3n) is 4.21. The van der Waals surface area contributed by atoms with Crippen molar-refractivity contribution in [3.05, 3.63) is 35.4 Å². The van der Waals surface area contributed by atoms with Gasteiger partial charge in [0.05, 0.1) is 0 Å². The van der Waals surface area contributed by atoms with E-state index < -0.39 is 0 Å². The minimum atomic E-state index is 0.658. The van der Waals surface area contributed by atoms with Crippen LogP contribution in [-0.4, -0.2) is 30.6 Å². The van der Waals surface area contributed by atoms with Gasteiger partial charge in [0.25, 0.3) is 0 Å². The monoisotopic (exact) mass is 274 g/mol. The van der Waals surface area contributed by atoms with Gasteiger partial charge in [-0.3, -0.25) is 4.90 Å². The molecule has 1 saturated heterocycles. The lowest BCUT2D eigenvalue weighted by Gasteiger charge is -2.37. The first-order chi connectivity index (χ1) is 9.54. The standard InChI is InChI=1S/C18H30N2/c1-14(2)10-19-18-9-15(3)11-20(13-18)12-17-8-6-5-7-16(17)4/h5-8,14-15,18-19H,9-13H2,1-4H3. The molecule has 0 aromatic heterocycles. The van der Waals surface area contributed by atoms with Gasteiger partial charge in [0, 0.05) is 25.7 Å². The molecule has 0 spiro atoms. The number of hydrogen-bond acceptors (Lipinski definition) is 2. The van der Waals surface area contributed by atoms with E-state index in [1.54, 1.807) is 0 Å². The highest BCUT2D eigenvalue weighted by atomic mass is 15.2. The molecular formula is C18H30N2. The zero-order valence-electron chi connectivity index (χ0n) is 13.5. The van der Waals surface area contributed by atoms with Gasteiger partial charge >= 0.3 is 0 Å². The Hall–Kier alpha value is -0.860. The largest absolute Gasteiger partial charge is 0.312 e. The first-order valence-electron chi connectivity index (χ1n) is 8.05. The molecule has 2 atom stereocenters. The number of benzene rings is 1. The topological polar surface area (TPSA) is 15.3 Å². The van der Waals surface area contributed by atoms with Crippen LogP contribution in [0.2, 0.25) is 0 Å². The molecule has 1 heterocycles. The van der Waals surface area contributed by atoms with Gasteiger partial charge in [-0.2, -0.15) is 0 Å². The molecule has 2 heteroatoms. The number of nitrogens with zero attached hydrogens (tertiary/aromatic N) is 1. The van der Waals surface area contributed by atoms with Crippen LogP contribution in [-0.2, 0) is 6.54 Å². The van der Waals surface area contributed by atoms with Crippen LogP contribution in [0.15, 0.2) is 24.3 Å². The van der Waals surface area contributed by atoms with Gasteiger partial charge in [0.2, 0.25) is 0 Å². The fourth-order valence-electron chi connectivity index (χ4n) is 3.17. The van der Waals surface area contributed by atoms with E-state index in [4.69, 9.17) is 0 Å². The zero-order chi connectivity index (χ0) is 14.5. The average Bonchev–Trinajstić information content (AvgIpc) is 2.38. The fraction of sp³-hybridized carbons (Fsp3) is 0.667. The number of nitrogens with one attached hydrogen (secondary N) is 1. The van der Waals surface area contributed by atoms with Crippen LogP contribution < -0.4 is 5.32 Å². The molecule has 0 saturated carbocycles. The maximum atomic E-state index is 3.74. The quantitative estimate of drug-likeness (QED) is 0.884. The summed E-state index contributed by atoms with van der Waals surface area (Å²) in [6.45, 7) is 13.8. The van der Waals surface area contributed by atoms with Crippen LogP contribution in [0.5, 0.6) is 0 Å². The SMILES string of the molecule is Cc1ccccc1CN1CC(C)CC(NCC(C)C)C1. The van der Waals surface area contributed by atoms with Crippen molar-refractivity contribution in [3.8, 4) is 0 Å². The Balaban J connectivity index is 1.92. The minimum Gasteiger partial charge on any atom is -0.312 e. The smallest absolute Gasteiger partial charge is 0.0237 e. The van der Waals surface area contributed by atoms with Crippen molar-refractivity contribution >= 4 is 0 Å². The van der Waals surface area contributed by atoms with E-state index in [-0.39, 0.29) is 0 Å². The van der Waals surface area contributed by atoms with Crippen LogP contribution in [0.25, 0.3) is 0 Å². The van der Waals surface area contributed by atoms with E-state index in [2.05, 4.69) is 62.2 Å². The van der Waals surface area contributed by atoms with Gasteiger partial charge in [-0.05, 0) is 42.9 Å². The van der Waals surface area contributed by atoms with E-state index in [1.807, 2.05) is 0 Å². The Bertz CT molecular complexity index is 414. The molecule has 112 valence electrons. The van der Waals surface area contributed by atoms with Crippen molar-refractivity contribution in [2.45, 2.75) is 46.7 Å². The van der Waals surface area contributed by atoms with Gasteiger partial charge in [-0.25, -0.2) is 0 Å². The zero-order valence-corrected chi connectivity index (χ0v) is 13.5. The third kappa shape index (κ3) is 4.60. The van der Waals surface area contributed by atoms with E-state index in [0.717, 1.165) is 24.9 Å². The van der Waals surface area contributed by atoms with Gasteiger partial charge in [0.1, 0.15) is 0 Å². The normalized spacial score (nSPS) is 24.2. The van der Waals surface area contributed by atoms with Gasteiger partial charge in [-0.1, -0.05) is 45.0 Å². The molecule has 1 fully saturated rings. The molecule has 1 N–H and O–H groups in total. The van der Waals surface area contributed by atoms with Crippen LogP contribution in [0.3, 0.4) is 0 Å². The molecule has 2 unspecified atom stereocenters. The highest BCUT2D eigenvalue weighted by Crippen LogP contribution is 2.20. The lowest BCUT2D eigenvalue weighted by atomic mass is 9.94. The lowest BCUT2D eigenvalue weighted by Crippen LogP contribution is -2.49. The number of aryl methyl sites for hydroxylation is 1. The Labute approximate surface area is 124 Å². The van der Waals surface area contributed by atoms with E-state index in [9.17, 15) is 0 Å². The predicted octanol–water partition coefficient (Wildman–Crippen LogP) is 3.45. The molecule has 2 rings (SSSR count). The summed E-state index contributed by atoms with van der Waals surface area (Å²) in [5.74, 6) is 1.52. The van der Waals surface area contributed by atoms with Crippen LogP contribution in [0, 0.1) is 18.8 Å². The Kier molecular flexibility index (Phi) is 5.62. The summed E-state index contributed by atoms with van der Waals surface area (Å²) in [6.07, 6.45) is 1.32. The molecule has 1 aliphatic heterocycles.